The number of rotatable bonds is 0. The number of allylic oxidation sites excluding steroid dienone is 1. The Balaban J connectivity index is 0. The summed E-state index contributed by atoms with van der Waals surface area (Å²) in [5.41, 5.74) is 0.744. The molecule has 0 amide bonds. The van der Waals surface area contributed by atoms with Crippen molar-refractivity contribution < 1.29 is 0 Å². The van der Waals surface area contributed by atoms with Gasteiger partial charge >= 0.3 is 0 Å². The van der Waals surface area contributed by atoms with Crippen molar-refractivity contribution in [2.45, 2.75) is 88.1 Å². The second-order valence-electron chi connectivity index (χ2n) is 6.80. The molecule has 0 aromatic heterocycles. The van der Waals surface area contributed by atoms with Crippen LogP contribution in [0.15, 0.2) is 12.3 Å². The topological polar surface area (TPSA) is 12.0 Å². The molecule has 0 radical (unpaired) electrons. The zero-order valence-corrected chi connectivity index (χ0v) is 15.2. The normalized spacial score (nSPS) is 29.8. The Bertz CT molecular complexity index is 238. The van der Waals surface area contributed by atoms with Crippen molar-refractivity contribution in [2.24, 2.45) is 16.7 Å². The van der Waals surface area contributed by atoms with Crippen molar-refractivity contribution in [3.63, 3.8) is 0 Å². The molecule has 1 heterocycles. The molecule has 0 aliphatic carbocycles. The average Bonchev–Trinajstić information content (AvgIpc) is 2.33. The van der Waals surface area contributed by atoms with Crippen molar-refractivity contribution in [1.29, 1.82) is 0 Å². The molecule has 0 saturated heterocycles. The maximum absolute atomic E-state index is 3.49. The summed E-state index contributed by atoms with van der Waals surface area (Å²) >= 11 is 0. The van der Waals surface area contributed by atoms with Crippen molar-refractivity contribution in [2.75, 3.05) is 0 Å². The standard InChI is InChI=1S/C14H27N.2C2H6/c1-11-9-14(5,6)10-13(3,4)7-8-15-12(11)2;2*1-2/h7-8,11-12,15H,9-10H2,1-6H3;2*1-2H3/b8-7-;;. The van der Waals surface area contributed by atoms with Crippen LogP contribution in [0.2, 0.25) is 0 Å². The van der Waals surface area contributed by atoms with E-state index >= 15 is 0 Å². The van der Waals surface area contributed by atoms with E-state index in [1.54, 1.807) is 0 Å². The lowest BCUT2D eigenvalue weighted by molar-refractivity contribution is 0.185. The third kappa shape index (κ3) is 9.13. The van der Waals surface area contributed by atoms with Gasteiger partial charge in [0, 0.05) is 6.04 Å². The van der Waals surface area contributed by atoms with Gasteiger partial charge in [0.2, 0.25) is 0 Å². The smallest absolute Gasteiger partial charge is 0.0253 e. The Morgan fingerprint density at radius 2 is 1.42 bits per heavy atom. The molecule has 1 nitrogen and oxygen atoms in total. The van der Waals surface area contributed by atoms with Crippen LogP contribution < -0.4 is 5.32 Å². The van der Waals surface area contributed by atoms with Gasteiger partial charge in [0.05, 0.1) is 0 Å². The third-order valence-corrected chi connectivity index (χ3v) is 3.56. The molecule has 1 N–H and O–H groups in total. The third-order valence-electron chi connectivity index (χ3n) is 3.56. The molecular formula is C18H39N. The molecule has 0 saturated carbocycles. The minimum Gasteiger partial charge on any atom is -0.388 e. The Hall–Kier alpha value is -0.460. The molecule has 2 atom stereocenters. The van der Waals surface area contributed by atoms with E-state index < -0.39 is 0 Å². The summed E-state index contributed by atoms with van der Waals surface area (Å²) in [5, 5.41) is 3.49. The summed E-state index contributed by atoms with van der Waals surface area (Å²) in [6, 6.07) is 0.578. The SMILES string of the molecule is CC.CC.CC1CC(C)(C)CC(C)(C)/C=C\NC1C. The van der Waals surface area contributed by atoms with Crippen LogP contribution in [-0.4, -0.2) is 6.04 Å². The first-order valence-electron chi connectivity index (χ1n) is 8.16. The second-order valence-corrected chi connectivity index (χ2v) is 6.80. The summed E-state index contributed by atoms with van der Waals surface area (Å²) in [6.45, 7) is 22.1. The van der Waals surface area contributed by atoms with Crippen LogP contribution >= 0.6 is 0 Å². The van der Waals surface area contributed by atoms with Crippen molar-refractivity contribution in [3.8, 4) is 0 Å². The van der Waals surface area contributed by atoms with E-state index in [1.807, 2.05) is 27.7 Å². The maximum atomic E-state index is 3.49. The second kappa shape index (κ2) is 9.44. The van der Waals surface area contributed by atoms with Gasteiger partial charge in [0.25, 0.3) is 0 Å². The van der Waals surface area contributed by atoms with E-state index in [0.29, 0.717) is 16.9 Å². The fourth-order valence-electron chi connectivity index (χ4n) is 3.00. The van der Waals surface area contributed by atoms with Crippen LogP contribution in [0.1, 0.15) is 82.1 Å². The van der Waals surface area contributed by atoms with Gasteiger partial charge in [0.1, 0.15) is 0 Å². The molecule has 1 heteroatoms. The van der Waals surface area contributed by atoms with Gasteiger partial charge < -0.3 is 5.32 Å². The monoisotopic (exact) mass is 269 g/mol. The summed E-state index contributed by atoms with van der Waals surface area (Å²) < 4.78 is 0. The Morgan fingerprint density at radius 3 is 1.89 bits per heavy atom. The van der Waals surface area contributed by atoms with Crippen molar-refractivity contribution >= 4 is 0 Å². The van der Waals surface area contributed by atoms with Crippen LogP contribution in [0, 0.1) is 16.7 Å². The van der Waals surface area contributed by atoms with Gasteiger partial charge in [0.15, 0.2) is 0 Å². The molecule has 0 fully saturated rings. The van der Waals surface area contributed by atoms with Gasteiger partial charge in [-0.05, 0) is 42.7 Å². The van der Waals surface area contributed by atoms with Gasteiger partial charge in [-0.2, -0.15) is 0 Å². The van der Waals surface area contributed by atoms with Crippen LogP contribution in [0.25, 0.3) is 0 Å². The predicted octanol–water partition coefficient (Wildman–Crippen LogP) is 6.01. The van der Waals surface area contributed by atoms with Gasteiger partial charge in [-0.3, -0.25) is 0 Å². The average molecular weight is 270 g/mol. The molecule has 0 aromatic rings. The molecule has 0 bridgehead atoms. The first-order chi connectivity index (χ1) is 8.72. The first kappa shape index (κ1) is 20.8. The van der Waals surface area contributed by atoms with E-state index in [4.69, 9.17) is 0 Å². The Labute approximate surface area is 123 Å². The van der Waals surface area contributed by atoms with E-state index in [9.17, 15) is 0 Å². The van der Waals surface area contributed by atoms with Gasteiger partial charge in [-0.15, -0.1) is 0 Å². The fourth-order valence-corrected chi connectivity index (χ4v) is 3.00. The molecule has 116 valence electrons. The fraction of sp³-hybridized carbons (Fsp3) is 0.889. The molecular weight excluding hydrogens is 230 g/mol. The zero-order chi connectivity index (χ0) is 15.7. The van der Waals surface area contributed by atoms with E-state index in [1.165, 1.54) is 12.8 Å². The lowest BCUT2D eigenvalue weighted by Crippen LogP contribution is -2.31. The minimum atomic E-state index is 0.306. The van der Waals surface area contributed by atoms with Crippen LogP contribution in [-0.2, 0) is 0 Å². The van der Waals surface area contributed by atoms with Gasteiger partial charge in [-0.1, -0.05) is 68.4 Å². The van der Waals surface area contributed by atoms with Gasteiger partial charge in [-0.25, -0.2) is 0 Å². The lowest BCUT2D eigenvalue weighted by Gasteiger charge is -2.35. The molecule has 1 rings (SSSR count). The first-order valence-corrected chi connectivity index (χ1v) is 8.16. The van der Waals surface area contributed by atoms with Crippen molar-refractivity contribution in [3.05, 3.63) is 12.3 Å². The molecule has 2 unspecified atom stereocenters. The van der Waals surface area contributed by atoms with Crippen LogP contribution in [0.3, 0.4) is 0 Å². The molecule has 1 aliphatic heterocycles. The number of nitrogens with one attached hydrogen (secondary N) is 1. The summed E-state index contributed by atoms with van der Waals surface area (Å²) in [5.74, 6) is 0.735. The highest BCUT2D eigenvalue weighted by Gasteiger charge is 2.30. The predicted molar refractivity (Wildman–Crippen MR) is 90.4 cm³/mol. The van der Waals surface area contributed by atoms with E-state index in [0.717, 1.165) is 5.92 Å². The molecule has 0 spiro atoms. The Kier molecular flexibility index (Phi) is 10.4. The number of hydrogen-bond acceptors (Lipinski definition) is 1. The summed E-state index contributed by atoms with van der Waals surface area (Å²) in [7, 11) is 0. The quantitative estimate of drug-likeness (QED) is 0.567. The van der Waals surface area contributed by atoms with E-state index in [2.05, 4.69) is 59.1 Å². The van der Waals surface area contributed by atoms with Crippen LogP contribution in [0.5, 0.6) is 0 Å². The van der Waals surface area contributed by atoms with E-state index in [-0.39, 0.29) is 0 Å². The lowest BCUT2D eigenvalue weighted by atomic mass is 9.71. The van der Waals surface area contributed by atoms with Crippen molar-refractivity contribution in [1.82, 2.24) is 5.32 Å². The molecule has 1 aliphatic rings. The van der Waals surface area contributed by atoms with Crippen LogP contribution in [0.4, 0.5) is 0 Å². The summed E-state index contributed by atoms with van der Waals surface area (Å²) in [4.78, 5) is 0. The highest BCUT2D eigenvalue weighted by atomic mass is 14.9. The summed E-state index contributed by atoms with van der Waals surface area (Å²) in [6.07, 6.45) is 7.04. The minimum absolute atomic E-state index is 0.306. The maximum Gasteiger partial charge on any atom is 0.0253 e. The highest BCUT2D eigenvalue weighted by Crippen LogP contribution is 2.40. The zero-order valence-electron chi connectivity index (χ0n) is 15.2. The Morgan fingerprint density at radius 1 is 0.947 bits per heavy atom. The molecule has 0 aromatic carbocycles. The molecule has 19 heavy (non-hydrogen) atoms. The number of hydrogen-bond donors (Lipinski definition) is 1. The highest BCUT2D eigenvalue weighted by molar-refractivity contribution is 4.99. The largest absolute Gasteiger partial charge is 0.388 e.